The number of hydrogen-bond acceptors (Lipinski definition) is 0. The van der Waals surface area contributed by atoms with Crippen molar-refractivity contribution in [3.8, 4) is 0 Å². The summed E-state index contributed by atoms with van der Waals surface area (Å²) >= 11 is 0. The highest BCUT2D eigenvalue weighted by Gasteiger charge is 2.56. The second-order valence-electron chi connectivity index (χ2n) is 9.70. The van der Waals surface area contributed by atoms with Gasteiger partial charge in [-0.3, -0.25) is 0 Å². The van der Waals surface area contributed by atoms with Gasteiger partial charge in [0.05, 0.1) is 0 Å². The highest BCUT2D eigenvalue weighted by molar-refractivity contribution is 5.39. The zero-order valence-electron chi connectivity index (χ0n) is 15.6. The van der Waals surface area contributed by atoms with E-state index in [-0.39, 0.29) is 0 Å². The van der Waals surface area contributed by atoms with Gasteiger partial charge in [-0.15, -0.1) is 0 Å². The summed E-state index contributed by atoms with van der Waals surface area (Å²) in [5.74, 6) is 3.61. The van der Waals surface area contributed by atoms with E-state index in [0.29, 0.717) is 10.8 Å². The largest absolute Gasteiger partial charge is 0.0958 e. The van der Waals surface area contributed by atoms with Crippen molar-refractivity contribution in [3.63, 3.8) is 0 Å². The first-order chi connectivity index (χ1) is 10.9. The van der Waals surface area contributed by atoms with Gasteiger partial charge in [-0.2, -0.15) is 0 Å². The van der Waals surface area contributed by atoms with E-state index in [9.17, 15) is 0 Å². The number of fused-ring (bicyclic) bond motifs is 5. The van der Waals surface area contributed by atoms with Crippen LogP contribution >= 0.6 is 0 Å². The normalized spacial score (nSPS) is 48.7. The van der Waals surface area contributed by atoms with Crippen LogP contribution in [0.4, 0.5) is 0 Å². The monoisotopic (exact) mass is 310 g/mol. The molecule has 6 unspecified atom stereocenters. The van der Waals surface area contributed by atoms with E-state index in [0.717, 1.165) is 23.7 Å². The van der Waals surface area contributed by atoms with E-state index in [1.54, 1.807) is 5.57 Å². The average molecular weight is 311 g/mol. The fourth-order valence-electron chi connectivity index (χ4n) is 7.07. The van der Waals surface area contributed by atoms with Crippen molar-refractivity contribution in [1.29, 1.82) is 0 Å². The minimum atomic E-state index is 0.413. The lowest BCUT2D eigenvalue weighted by Gasteiger charge is -2.58. The lowest BCUT2D eigenvalue weighted by molar-refractivity contribution is -0.0196. The van der Waals surface area contributed by atoms with Gasteiger partial charge in [0.2, 0.25) is 0 Å². The summed E-state index contributed by atoms with van der Waals surface area (Å²) in [6.07, 6.45) is 14.9. The van der Waals surface area contributed by atoms with Crippen LogP contribution in [0.2, 0.25) is 0 Å². The Bertz CT molecular complexity index is 591. The molecule has 2 saturated carbocycles. The Labute approximate surface area is 143 Å². The quantitative estimate of drug-likeness (QED) is 0.473. The zero-order valence-corrected chi connectivity index (χ0v) is 15.6. The van der Waals surface area contributed by atoms with Gasteiger partial charge in [0.15, 0.2) is 0 Å². The van der Waals surface area contributed by atoms with Crippen LogP contribution in [0.15, 0.2) is 35.5 Å². The SMILES string of the molecule is C=C(C)C1=CCC2C3CC=C4CC(C)CCC4(C)C3CCC12C. The van der Waals surface area contributed by atoms with Gasteiger partial charge in [-0.1, -0.05) is 50.6 Å². The minimum Gasteiger partial charge on any atom is -0.0958 e. The van der Waals surface area contributed by atoms with Crippen LogP contribution in [0.1, 0.15) is 72.6 Å². The molecule has 0 spiro atoms. The van der Waals surface area contributed by atoms with Crippen LogP contribution in [-0.4, -0.2) is 0 Å². The van der Waals surface area contributed by atoms with Crippen LogP contribution in [0.5, 0.6) is 0 Å². The summed E-state index contributed by atoms with van der Waals surface area (Å²) in [6, 6.07) is 0. The first-order valence-corrected chi connectivity index (χ1v) is 9.92. The third-order valence-corrected chi connectivity index (χ3v) is 8.39. The van der Waals surface area contributed by atoms with E-state index >= 15 is 0 Å². The van der Waals surface area contributed by atoms with Crippen LogP contribution < -0.4 is 0 Å². The van der Waals surface area contributed by atoms with E-state index < -0.39 is 0 Å². The first kappa shape index (κ1) is 15.7. The number of rotatable bonds is 1. The van der Waals surface area contributed by atoms with Crippen molar-refractivity contribution in [1.82, 2.24) is 0 Å². The lowest BCUT2D eigenvalue weighted by atomic mass is 9.47. The molecule has 0 aliphatic heterocycles. The number of hydrogen-bond donors (Lipinski definition) is 0. The van der Waals surface area contributed by atoms with Crippen molar-refractivity contribution in [2.24, 2.45) is 34.5 Å². The van der Waals surface area contributed by atoms with Crippen molar-refractivity contribution < 1.29 is 0 Å². The Morgan fingerprint density at radius 3 is 2.52 bits per heavy atom. The van der Waals surface area contributed by atoms with Crippen LogP contribution in [0.3, 0.4) is 0 Å². The topological polar surface area (TPSA) is 0 Å². The molecule has 0 heteroatoms. The maximum Gasteiger partial charge on any atom is -0.00419 e. The van der Waals surface area contributed by atoms with Crippen molar-refractivity contribution in [2.45, 2.75) is 72.6 Å². The summed E-state index contributed by atoms with van der Waals surface area (Å²) in [6.45, 7) is 14.1. The molecule has 0 aromatic rings. The second kappa shape index (κ2) is 5.11. The zero-order chi connectivity index (χ0) is 16.4. The third kappa shape index (κ3) is 2.09. The van der Waals surface area contributed by atoms with E-state index in [1.165, 1.54) is 50.5 Å². The Morgan fingerprint density at radius 1 is 1.04 bits per heavy atom. The Kier molecular flexibility index (Phi) is 3.49. The van der Waals surface area contributed by atoms with Crippen LogP contribution in [0, 0.1) is 34.5 Å². The van der Waals surface area contributed by atoms with E-state index in [2.05, 4.69) is 46.4 Å². The molecule has 2 fully saturated rings. The molecule has 126 valence electrons. The Hall–Kier alpha value is -0.780. The fourth-order valence-corrected chi connectivity index (χ4v) is 7.07. The highest BCUT2D eigenvalue weighted by atomic mass is 14.6. The lowest BCUT2D eigenvalue weighted by Crippen LogP contribution is -2.49. The van der Waals surface area contributed by atoms with Gasteiger partial charge in [-0.25, -0.2) is 0 Å². The molecular weight excluding hydrogens is 276 g/mol. The Balaban J connectivity index is 1.67. The van der Waals surface area contributed by atoms with E-state index in [1.807, 2.05) is 5.57 Å². The van der Waals surface area contributed by atoms with Gasteiger partial charge in [-0.05, 0) is 91.9 Å². The average Bonchev–Trinajstić information content (AvgIpc) is 2.85. The maximum atomic E-state index is 4.28. The highest BCUT2D eigenvalue weighted by Crippen LogP contribution is 2.65. The van der Waals surface area contributed by atoms with Crippen molar-refractivity contribution in [2.75, 3.05) is 0 Å². The standard InChI is InChI=1S/C23H34/c1-15(2)19-8-9-20-18-7-6-17-14-16(3)10-12-22(17,4)21(18)11-13-23(19,20)5/h6,8,16,18,20-21H,1,7,9-14H2,2-5H3. The third-order valence-electron chi connectivity index (χ3n) is 8.39. The van der Waals surface area contributed by atoms with E-state index in [4.69, 9.17) is 0 Å². The molecule has 23 heavy (non-hydrogen) atoms. The molecule has 6 atom stereocenters. The van der Waals surface area contributed by atoms with Crippen LogP contribution in [-0.2, 0) is 0 Å². The molecule has 0 aromatic carbocycles. The molecule has 0 nitrogen and oxygen atoms in total. The predicted octanol–water partition coefficient (Wildman–Crippen LogP) is 6.70. The molecule has 4 aliphatic carbocycles. The minimum absolute atomic E-state index is 0.413. The van der Waals surface area contributed by atoms with Gasteiger partial charge in [0.1, 0.15) is 0 Å². The molecule has 0 radical (unpaired) electrons. The second-order valence-corrected chi connectivity index (χ2v) is 9.70. The molecule has 4 aliphatic rings. The van der Waals surface area contributed by atoms with Crippen LogP contribution in [0.25, 0.3) is 0 Å². The molecule has 0 amide bonds. The summed E-state index contributed by atoms with van der Waals surface area (Å²) < 4.78 is 0. The molecule has 0 bridgehead atoms. The smallest absolute Gasteiger partial charge is 0.00419 e. The Morgan fingerprint density at radius 2 is 1.78 bits per heavy atom. The molecule has 0 aromatic heterocycles. The summed E-state index contributed by atoms with van der Waals surface area (Å²) in [4.78, 5) is 0. The summed E-state index contributed by atoms with van der Waals surface area (Å²) in [5.41, 5.74) is 5.67. The van der Waals surface area contributed by atoms with Gasteiger partial charge in [0.25, 0.3) is 0 Å². The van der Waals surface area contributed by atoms with Crippen molar-refractivity contribution >= 4 is 0 Å². The van der Waals surface area contributed by atoms with Gasteiger partial charge >= 0.3 is 0 Å². The first-order valence-electron chi connectivity index (χ1n) is 9.92. The molecule has 4 rings (SSSR count). The number of allylic oxidation sites excluding steroid dienone is 5. The van der Waals surface area contributed by atoms with Gasteiger partial charge < -0.3 is 0 Å². The summed E-state index contributed by atoms with van der Waals surface area (Å²) in [5, 5.41) is 0. The molecule has 0 saturated heterocycles. The van der Waals surface area contributed by atoms with Gasteiger partial charge in [0, 0.05) is 0 Å². The fraction of sp³-hybridized carbons (Fsp3) is 0.739. The molecular formula is C23H34. The molecule has 0 heterocycles. The molecule has 0 N–H and O–H groups in total. The predicted molar refractivity (Wildman–Crippen MR) is 99.1 cm³/mol. The maximum absolute atomic E-state index is 4.28. The summed E-state index contributed by atoms with van der Waals surface area (Å²) in [7, 11) is 0. The van der Waals surface area contributed by atoms with Crippen molar-refractivity contribution in [3.05, 3.63) is 35.5 Å².